The van der Waals surface area contributed by atoms with Crippen molar-refractivity contribution in [3.05, 3.63) is 57.0 Å². The summed E-state index contributed by atoms with van der Waals surface area (Å²) in [4.78, 5) is 4.26. The summed E-state index contributed by atoms with van der Waals surface area (Å²) in [5.41, 5.74) is 2.04. The Balaban J connectivity index is 1.73. The van der Waals surface area contributed by atoms with Crippen LogP contribution in [0, 0.1) is 13.8 Å². The third-order valence-corrected chi connectivity index (χ3v) is 9.72. The number of fused-ring (bicyclic) bond motifs is 3. The predicted octanol–water partition coefficient (Wildman–Crippen LogP) is 4.27. The number of nitrogens with zero attached hydrogens (tertiary/aromatic N) is 2. The Labute approximate surface area is 213 Å². The van der Waals surface area contributed by atoms with Gasteiger partial charge in [-0.15, -0.1) is 0 Å². The van der Waals surface area contributed by atoms with Crippen LogP contribution >= 0.6 is 23.1 Å². The Morgan fingerprint density at radius 1 is 0.971 bits per heavy atom. The van der Waals surface area contributed by atoms with Crippen molar-refractivity contribution in [2.45, 2.75) is 38.1 Å². The molecule has 1 aliphatic heterocycles. The molecule has 0 saturated carbocycles. The molecule has 2 aromatic carbocycles. The van der Waals surface area contributed by atoms with E-state index in [1.165, 1.54) is 0 Å². The standard InChI is InChI=1S/C23H26N2O6S4/c1-16-17(2)32-21(24(16)11-5-13-34(26,27)28)15-22-25(12-6-14-35(29,30)31)23-19-8-4-3-7-18(19)9-10-20(23)33-22/h3-4,7-10,15H,5-6,11-14H2,1-2H3,(H-,26,27,28,29,30,31)/p+1. The lowest BCUT2D eigenvalue weighted by atomic mass is 10.1. The molecule has 0 amide bonds. The highest BCUT2D eigenvalue weighted by atomic mass is 32.2. The molecule has 35 heavy (non-hydrogen) atoms. The molecule has 0 bridgehead atoms. The molecule has 12 heteroatoms. The first-order chi connectivity index (χ1) is 16.4. The Hall–Kier alpha value is -1.96. The van der Waals surface area contributed by atoms with E-state index in [1.54, 1.807) is 23.1 Å². The van der Waals surface area contributed by atoms with E-state index >= 15 is 0 Å². The van der Waals surface area contributed by atoms with Gasteiger partial charge in [-0.3, -0.25) is 9.11 Å². The maximum absolute atomic E-state index is 11.3. The second-order valence-electron chi connectivity index (χ2n) is 8.38. The van der Waals surface area contributed by atoms with Gasteiger partial charge in [0.2, 0.25) is 0 Å². The van der Waals surface area contributed by atoms with E-state index in [9.17, 15) is 21.4 Å². The van der Waals surface area contributed by atoms with Gasteiger partial charge in [0.05, 0.1) is 33.2 Å². The minimum Gasteiger partial charge on any atom is -0.334 e. The molecule has 1 aliphatic rings. The maximum Gasteiger partial charge on any atom is 0.265 e. The van der Waals surface area contributed by atoms with Crippen LogP contribution in [0.25, 0.3) is 16.8 Å². The molecule has 0 atom stereocenters. The highest BCUT2D eigenvalue weighted by molar-refractivity contribution is 8.04. The molecule has 188 valence electrons. The molecule has 1 aromatic heterocycles. The van der Waals surface area contributed by atoms with Crippen molar-refractivity contribution in [1.29, 1.82) is 0 Å². The molecule has 4 rings (SSSR count). The Kier molecular flexibility index (Phi) is 7.60. The fourth-order valence-electron chi connectivity index (χ4n) is 4.15. The van der Waals surface area contributed by atoms with Gasteiger partial charge in [0.1, 0.15) is 0 Å². The van der Waals surface area contributed by atoms with Gasteiger partial charge < -0.3 is 4.90 Å². The topological polar surface area (TPSA) is 116 Å². The number of thiazole rings is 1. The molecule has 0 radical (unpaired) electrons. The quantitative estimate of drug-likeness (QED) is 0.297. The van der Waals surface area contributed by atoms with E-state index in [0.717, 1.165) is 42.0 Å². The van der Waals surface area contributed by atoms with Gasteiger partial charge in [-0.1, -0.05) is 53.4 Å². The van der Waals surface area contributed by atoms with Crippen LogP contribution in [-0.4, -0.2) is 44.0 Å². The van der Waals surface area contributed by atoms with Crippen molar-refractivity contribution in [1.82, 2.24) is 0 Å². The van der Waals surface area contributed by atoms with Crippen molar-refractivity contribution in [3.63, 3.8) is 0 Å². The molecule has 2 N–H and O–H groups in total. The Morgan fingerprint density at radius 2 is 1.66 bits per heavy atom. The van der Waals surface area contributed by atoms with Crippen LogP contribution < -0.4 is 9.47 Å². The van der Waals surface area contributed by atoms with Gasteiger partial charge in [0.25, 0.3) is 25.2 Å². The fraction of sp³-hybridized carbons (Fsp3) is 0.348. The highest BCUT2D eigenvalue weighted by Gasteiger charge is 2.30. The molecule has 8 nitrogen and oxygen atoms in total. The third-order valence-electron chi connectivity index (χ3n) is 5.87. The van der Waals surface area contributed by atoms with Crippen LogP contribution in [0.15, 0.2) is 46.3 Å². The minimum atomic E-state index is -4.07. The molecular weight excluding hydrogens is 529 g/mol. The third kappa shape index (κ3) is 6.25. The smallest absolute Gasteiger partial charge is 0.265 e. The molecule has 0 spiro atoms. The van der Waals surface area contributed by atoms with Crippen LogP contribution in [-0.2, 0) is 26.8 Å². The van der Waals surface area contributed by atoms with Crippen LogP contribution in [0.2, 0.25) is 0 Å². The van der Waals surface area contributed by atoms with E-state index < -0.39 is 20.2 Å². The Morgan fingerprint density at radius 3 is 2.37 bits per heavy atom. The first-order valence-electron chi connectivity index (χ1n) is 11.0. The number of aromatic nitrogens is 1. The summed E-state index contributed by atoms with van der Waals surface area (Å²) in [7, 11) is -8.10. The second-order valence-corrected chi connectivity index (χ2v) is 13.8. The van der Waals surface area contributed by atoms with Gasteiger partial charge in [0.15, 0.2) is 12.2 Å². The summed E-state index contributed by atoms with van der Waals surface area (Å²) in [5.74, 6) is -0.632. The van der Waals surface area contributed by atoms with Gasteiger partial charge in [-0.2, -0.15) is 21.4 Å². The number of aryl methyl sites for hydroxylation is 1. The van der Waals surface area contributed by atoms with Gasteiger partial charge >= 0.3 is 0 Å². The number of rotatable bonds is 9. The van der Waals surface area contributed by atoms with Crippen molar-refractivity contribution in [2.75, 3.05) is 23.0 Å². The number of thioether (sulfide) groups is 1. The van der Waals surface area contributed by atoms with Crippen LogP contribution in [0.1, 0.15) is 28.4 Å². The molecule has 0 saturated heterocycles. The van der Waals surface area contributed by atoms with Gasteiger partial charge in [-0.05, 0) is 24.8 Å². The molecule has 0 unspecified atom stereocenters. The number of anilines is 1. The van der Waals surface area contributed by atoms with E-state index in [0.29, 0.717) is 13.1 Å². The average molecular weight is 556 g/mol. The van der Waals surface area contributed by atoms with Crippen molar-refractivity contribution < 1.29 is 30.5 Å². The second kappa shape index (κ2) is 10.2. The summed E-state index contributed by atoms with van der Waals surface area (Å²) in [6.07, 6.45) is 2.59. The Bertz CT molecular complexity index is 1510. The molecule has 0 fully saturated rings. The fourth-order valence-corrected chi connectivity index (χ4v) is 7.43. The van der Waals surface area contributed by atoms with Crippen LogP contribution in [0.3, 0.4) is 0 Å². The van der Waals surface area contributed by atoms with E-state index in [4.69, 9.17) is 4.55 Å². The summed E-state index contributed by atoms with van der Waals surface area (Å²) < 4.78 is 65.5. The predicted molar refractivity (Wildman–Crippen MR) is 141 cm³/mol. The lowest BCUT2D eigenvalue weighted by Gasteiger charge is -2.21. The van der Waals surface area contributed by atoms with Crippen molar-refractivity contribution in [3.8, 4) is 0 Å². The molecular formula is C23H27N2O6S4+. The van der Waals surface area contributed by atoms with E-state index in [2.05, 4.69) is 21.6 Å². The highest BCUT2D eigenvalue weighted by Crippen LogP contribution is 2.50. The normalized spacial score (nSPS) is 15.3. The summed E-state index contributed by atoms with van der Waals surface area (Å²) in [5, 5.41) is 4.01. The first-order valence-corrected chi connectivity index (χ1v) is 15.9. The number of hydrogen-bond acceptors (Lipinski definition) is 7. The SMILES string of the molecule is Cc1sc(C=C2Sc3ccc4ccccc4c3N2CCCS(=O)(=O)O)[n+](CCCS(=O)(=O)O)c1C. The monoisotopic (exact) mass is 555 g/mol. The molecule has 2 heterocycles. The number of benzene rings is 2. The van der Waals surface area contributed by atoms with Crippen LogP contribution in [0.4, 0.5) is 5.69 Å². The van der Waals surface area contributed by atoms with Crippen molar-refractivity contribution in [2.24, 2.45) is 0 Å². The van der Waals surface area contributed by atoms with Gasteiger partial charge in [-0.25, -0.2) is 0 Å². The average Bonchev–Trinajstić information content (AvgIpc) is 3.24. The lowest BCUT2D eigenvalue weighted by Crippen LogP contribution is -2.38. The summed E-state index contributed by atoms with van der Waals surface area (Å²) in [6.45, 7) is 4.84. The zero-order valence-corrected chi connectivity index (χ0v) is 22.6. The van der Waals surface area contributed by atoms with Crippen LogP contribution in [0.5, 0.6) is 0 Å². The summed E-state index contributed by atoms with van der Waals surface area (Å²) in [6, 6.07) is 12.2. The molecule has 3 aromatic rings. The minimum absolute atomic E-state index is 0.260. The number of hydrogen-bond donors (Lipinski definition) is 2. The van der Waals surface area contributed by atoms with E-state index in [-0.39, 0.29) is 24.3 Å². The molecule has 0 aliphatic carbocycles. The first kappa shape index (κ1) is 26.1. The lowest BCUT2D eigenvalue weighted by molar-refractivity contribution is -0.699. The van der Waals surface area contributed by atoms with Gasteiger partial charge in [0, 0.05) is 30.2 Å². The largest absolute Gasteiger partial charge is 0.334 e. The zero-order chi connectivity index (χ0) is 25.4. The summed E-state index contributed by atoms with van der Waals surface area (Å²) >= 11 is 3.19. The zero-order valence-electron chi connectivity index (χ0n) is 19.3. The van der Waals surface area contributed by atoms with Crippen molar-refractivity contribution >= 4 is 65.9 Å². The van der Waals surface area contributed by atoms with E-state index in [1.807, 2.05) is 44.2 Å². The maximum atomic E-state index is 11.3.